The summed E-state index contributed by atoms with van der Waals surface area (Å²) in [4.78, 5) is 7.83. The number of aliphatic hydroxyl groups is 1. The first-order valence-electron chi connectivity index (χ1n) is 6.09. The van der Waals surface area contributed by atoms with Gasteiger partial charge in [0.2, 0.25) is 0 Å². The van der Waals surface area contributed by atoms with Gasteiger partial charge in [-0.05, 0) is 19.4 Å². The lowest BCUT2D eigenvalue weighted by molar-refractivity contribution is 0.258. The molecule has 0 amide bonds. The number of nitrogens with one attached hydrogen (secondary N) is 1. The number of aryl methyl sites for hydroxylation is 1. The van der Waals surface area contributed by atoms with Crippen LogP contribution in [0.1, 0.15) is 30.8 Å². The van der Waals surface area contributed by atoms with Crippen LogP contribution in [0, 0.1) is 6.92 Å². The van der Waals surface area contributed by atoms with E-state index in [0.717, 1.165) is 29.2 Å². The largest absolute Gasteiger partial charge is 0.396 e. The number of aromatic amines is 1. The Bertz CT molecular complexity index is 532. The maximum absolute atomic E-state index is 9.32. The molecule has 4 heteroatoms. The molecule has 0 fully saturated rings. The molecular weight excluding hydrogens is 248 g/mol. The van der Waals surface area contributed by atoms with Crippen LogP contribution in [0.15, 0.2) is 24.3 Å². The van der Waals surface area contributed by atoms with Crippen LogP contribution < -0.4 is 0 Å². The summed E-state index contributed by atoms with van der Waals surface area (Å²) in [7, 11) is 0. The summed E-state index contributed by atoms with van der Waals surface area (Å²) in [6.07, 6.45) is 0.853. The van der Waals surface area contributed by atoms with Crippen LogP contribution in [0.5, 0.6) is 0 Å². The standard InChI is InChI=1S/C14H17ClN2O/c1-3-10(8-18)14-16-9(2)13(17-14)11-6-4-5-7-12(11)15/h4-7,10,18H,3,8H2,1-2H3,(H,16,17). The molecule has 0 aliphatic heterocycles. The zero-order chi connectivity index (χ0) is 13.1. The molecule has 2 N–H and O–H groups in total. The van der Waals surface area contributed by atoms with E-state index in [0.29, 0.717) is 5.02 Å². The number of H-pyrrole nitrogens is 1. The zero-order valence-corrected chi connectivity index (χ0v) is 11.3. The fraction of sp³-hybridized carbons (Fsp3) is 0.357. The highest BCUT2D eigenvalue weighted by Gasteiger charge is 2.16. The highest BCUT2D eigenvalue weighted by Crippen LogP contribution is 2.30. The highest BCUT2D eigenvalue weighted by molar-refractivity contribution is 6.33. The quantitative estimate of drug-likeness (QED) is 0.888. The molecule has 1 heterocycles. The van der Waals surface area contributed by atoms with Gasteiger partial charge in [-0.2, -0.15) is 0 Å². The average molecular weight is 265 g/mol. The SMILES string of the molecule is CCC(CO)c1nc(-c2ccccc2Cl)c(C)[nH]1. The van der Waals surface area contributed by atoms with Crippen molar-refractivity contribution >= 4 is 11.6 Å². The third kappa shape index (κ3) is 2.42. The van der Waals surface area contributed by atoms with Crippen molar-refractivity contribution in [3.8, 4) is 11.3 Å². The van der Waals surface area contributed by atoms with Crippen molar-refractivity contribution in [2.24, 2.45) is 0 Å². The van der Waals surface area contributed by atoms with Crippen LogP contribution in [-0.4, -0.2) is 21.7 Å². The summed E-state index contributed by atoms with van der Waals surface area (Å²) in [6.45, 7) is 4.11. The lowest BCUT2D eigenvalue weighted by atomic mass is 10.1. The monoisotopic (exact) mass is 264 g/mol. The summed E-state index contributed by atoms with van der Waals surface area (Å²) < 4.78 is 0. The van der Waals surface area contributed by atoms with Crippen molar-refractivity contribution in [1.29, 1.82) is 0 Å². The molecule has 1 unspecified atom stereocenters. The van der Waals surface area contributed by atoms with Crippen molar-refractivity contribution in [3.05, 3.63) is 40.8 Å². The van der Waals surface area contributed by atoms with Gasteiger partial charge in [-0.3, -0.25) is 0 Å². The second-order valence-electron chi connectivity index (χ2n) is 4.36. The number of aromatic nitrogens is 2. The Balaban J connectivity index is 2.44. The maximum atomic E-state index is 9.32. The van der Waals surface area contributed by atoms with Crippen LogP contribution >= 0.6 is 11.6 Å². The molecule has 96 valence electrons. The molecule has 3 nitrogen and oxygen atoms in total. The van der Waals surface area contributed by atoms with E-state index in [1.54, 1.807) is 0 Å². The summed E-state index contributed by atoms with van der Waals surface area (Å²) >= 11 is 6.18. The molecular formula is C14H17ClN2O. The Morgan fingerprint density at radius 3 is 2.72 bits per heavy atom. The number of halogens is 1. The Kier molecular flexibility index (Phi) is 4.04. The summed E-state index contributed by atoms with van der Waals surface area (Å²) in [5.74, 6) is 0.882. The minimum atomic E-state index is 0.0555. The van der Waals surface area contributed by atoms with Crippen molar-refractivity contribution in [3.63, 3.8) is 0 Å². The lowest BCUT2D eigenvalue weighted by Crippen LogP contribution is -2.04. The molecule has 1 aromatic heterocycles. The number of nitrogens with zero attached hydrogens (tertiary/aromatic N) is 1. The fourth-order valence-electron chi connectivity index (χ4n) is 2.00. The third-order valence-electron chi connectivity index (χ3n) is 3.13. The number of aliphatic hydroxyl groups excluding tert-OH is 1. The fourth-order valence-corrected chi connectivity index (χ4v) is 2.23. The van der Waals surface area contributed by atoms with Gasteiger partial charge in [-0.25, -0.2) is 4.98 Å². The Morgan fingerprint density at radius 2 is 2.11 bits per heavy atom. The summed E-state index contributed by atoms with van der Waals surface area (Å²) in [5.41, 5.74) is 2.76. The second-order valence-corrected chi connectivity index (χ2v) is 4.77. The molecule has 1 aromatic carbocycles. The molecule has 2 rings (SSSR count). The molecule has 0 bridgehead atoms. The van der Waals surface area contributed by atoms with Gasteiger partial charge in [0.1, 0.15) is 5.82 Å². The van der Waals surface area contributed by atoms with Crippen LogP contribution in [0.4, 0.5) is 0 Å². The van der Waals surface area contributed by atoms with E-state index in [2.05, 4.69) is 9.97 Å². The van der Waals surface area contributed by atoms with Gasteiger partial charge in [-0.1, -0.05) is 36.7 Å². The van der Waals surface area contributed by atoms with Gasteiger partial charge < -0.3 is 10.1 Å². The maximum Gasteiger partial charge on any atom is 0.112 e. The van der Waals surface area contributed by atoms with E-state index in [-0.39, 0.29) is 12.5 Å². The smallest absolute Gasteiger partial charge is 0.112 e. The van der Waals surface area contributed by atoms with Crippen molar-refractivity contribution in [1.82, 2.24) is 9.97 Å². The minimum absolute atomic E-state index is 0.0555. The lowest BCUT2D eigenvalue weighted by Gasteiger charge is -2.06. The second kappa shape index (κ2) is 5.55. The number of benzene rings is 1. The van der Waals surface area contributed by atoms with Crippen molar-refractivity contribution in [2.45, 2.75) is 26.2 Å². The van der Waals surface area contributed by atoms with Crippen LogP contribution in [0.3, 0.4) is 0 Å². The molecule has 0 radical (unpaired) electrons. The van der Waals surface area contributed by atoms with Gasteiger partial charge in [0.05, 0.1) is 17.3 Å². The molecule has 0 saturated heterocycles. The summed E-state index contributed by atoms with van der Waals surface area (Å²) in [5, 5.41) is 10.0. The predicted molar refractivity (Wildman–Crippen MR) is 73.9 cm³/mol. The van der Waals surface area contributed by atoms with E-state index in [9.17, 15) is 5.11 Å². The topological polar surface area (TPSA) is 48.9 Å². The van der Waals surface area contributed by atoms with Crippen LogP contribution in [-0.2, 0) is 0 Å². The Morgan fingerprint density at radius 1 is 1.39 bits per heavy atom. The molecule has 0 saturated carbocycles. The highest BCUT2D eigenvalue weighted by atomic mass is 35.5. The molecule has 0 spiro atoms. The number of rotatable bonds is 4. The van der Waals surface area contributed by atoms with E-state index in [4.69, 9.17) is 11.6 Å². The van der Waals surface area contributed by atoms with E-state index >= 15 is 0 Å². The van der Waals surface area contributed by atoms with Crippen LogP contribution in [0.2, 0.25) is 5.02 Å². The van der Waals surface area contributed by atoms with Gasteiger partial charge in [0.15, 0.2) is 0 Å². The molecule has 18 heavy (non-hydrogen) atoms. The van der Waals surface area contributed by atoms with Crippen LogP contribution in [0.25, 0.3) is 11.3 Å². The third-order valence-corrected chi connectivity index (χ3v) is 3.46. The molecule has 0 aliphatic carbocycles. The average Bonchev–Trinajstić information content (AvgIpc) is 2.73. The first kappa shape index (κ1) is 13.1. The molecule has 1 atom stereocenters. The molecule has 0 aliphatic rings. The summed E-state index contributed by atoms with van der Waals surface area (Å²) in [6, 6.07) is 7.65. The Labute approximate surface area is 112 Å². The van der Waals surface area contributed by atoms with Gasteiger partial charge in [-0.15, -0.1) is 0 Å². The number of imidazole rings is 1. The van der Waals surface area contributed by atoms with E-state index in [1.165, 1.54) is 0 Å². The Hall–Kier alpha value is -1.32. The van der Waals surface area contributed by atoms with Gasteiger partial charge in [0, 0.05) is 17.2 Å². The van der Waals surface area contributed by atoms with E-state index < -0.39 is 0 Å². The minimum Gasteiger partial charge on any atom is -0.396 e. The zero-order valence-electron chi connectivity index (χ0n) is 10.6. The number of hydrogen-bond acceptors (Lipinski definition) is 2. The van der Waals surface area contributed by atoms with E-state index in [1.807, 2.05) is 38.1 Å². The number of hydrogen-bond donors (Lipinski definition) is 2. The normalized spacial score (nSPS) is 12.7. The van der Waals surface area contributed by atoms with Crippen molar-refractivity contribution in [2.75, 3.05) is 6.61 Å². The first-order valence-corrected chi connectivity index (χ1v) is 6.47. The van der Waals surface area contributed by atoms with Crippen molar-refractivity contribution < 1.29 is 5.11 Å². The van der Waals surface area contributed by atoms with Gasteiger partial charge in [0.25, 0.3) is 0 Å². The first-order chi connectivity index (χ1) is 8.67. The predicted octanol–water partition coefficient (Wildman–Crippen LogP) is 3.52. The van der Waals surface area contributed by atoms with Gasteiger partial charge >= 0.3 is 0 Å². The molecule has 2 aromatic rings.